The lowest BCUT2D eigenvalue weighted by atomic mass is 9.87. The predicted molar refractivity (Wildman–Crippen MR) is 130 cm³/mol. The average Bonchev–Trinajstić information content (AvgIpc) is 3.32. The monoisotopic (exact) mass is 453 g/mol. The Morgan fingerprint density at radius 2 is 1.97 bits per heavy atom. The SMILES string of the molecule is CC(C)C1CCC(C(=O)N2CCC(CCCCNC(=O)c3ccc4nccn4c3)CC2)CN1. The number of fused-ring (bicyclic) bond motifs is 1. The van der Waals surface area contributed by atoms with Crippen molar-refractivity contribution in [3.8, 4) is 0 Å². The molecular weight excluding hydrogens is 414 g/mol. The first-order valence-corrected chi connectivity index (χ1v) is 12.7. The second kappa shape index (κ2) is 11.1. The maximum atomic E-state index is 12.9. The molecule has 33 heavy (non-hydrogen) atoms. The zero-order chi connectivity index (χ0) is 23.2. The van der Waals surface area contributed by atoms with Gasteiger partial charge in [-0.2, -0.15) is 0 Å². The molecule has 2 amide bonds. The first-order chi connectivity index (χ1) is 16.0. The van der Waals surface area contributed by atoms with E-state index in [1.54, 1.807) is 6.20 Å². The molecule has 2 aromatic rings. The average molecular weight is 454 g/mol. The number of carbonyl (C=O) groups excluding carboxylic acids is 2. The van der Waals surface area contributed by atoms with Crippen molar-refractivity contribution in [1.29, 1.82) is 0 Å². The Labute approximate surface area is 197 Å². The van der Waals surface area contributed by atoms with E-state index in [0.29, 0.717) is 35.9 Å². The Balaban J connectivity index is 1.09. The van der Waals surface area contributed by atoms with Crippen LogP contribution in [-0.2, 0) is 4.79 Å². The highest BCUT2D eigenvalue weighted by molar-refractivity contribution is 5.94. The van der Waals surface area contributed by atoms with Crippen LogP contribution in [0.3, 0.4) is 0 Å². The van der Waals surface area contributed by atoms with Crippen LogP contribution in [0.1, 0.15) is 69.2 Å². The van der Waals surface area contributed by atoms with Gasteiger partial charge in [-0.15, -0.1) is 0 Å². The standard InChI is InChI=1S/C26H39N5O2/c1-19(2)23-8-6-21(17-29-23)26(33)30-14-10-20(11-15-30)5-3-4-12-28-25(32)22-7-9-24-27-13-16-31(24)18-22/h7,9,13,16,18-21,23,29H,3-6,8,10-12,14-15,17H2,1-2H3,(H,28,32). The molecule has 180 valence electrons. The zero-order valence-corrected chi connectivity index (χ0v) is 20.1. The number of imidazole rings is 1. The number of aromatic nitrogens is 2. The van der Waals surface area contributed by atoms with Crippen LogP contribution in [0.5, 0.6) is 0 Å². The van der Waals surface area contributed by atoms with Crippen molar-refractivity contribution in [2.45, 2.75) is 64.8 Å². The number of nitrogens with zero attached hydrogens (tertiary/aromatic N) is 3. The summed E-state index contributed by atoms with van der Waals surface area (Å²) in [4.78, 5) is 31.6. The normalized spacial score (nSPS) is 22.1. The summed E-state index contributed by atoms with van der Waals surface area (Å²) in [5.74, 6) is 1.82. The number of piperidine rings is 2. The third-order valence-electron chi connectivity index (χ3n) is 7.51. The summed E-state index contributed by atoms with van der Waals surface area (Å²) in [5.41, 5.74) is 1.50. The van der Waals surface area contributed by atoms with Gasteiger partial charge in [0.25, 0.3) is 5.91 Å². The largest absolute Gasteiger partial charge is 0.352 e. The molecule has 2 atom stereocenters. The first kappa shape index (κ1) is 23.7. The Hall–Kier alpha value is -2.41. The molecule has 2 N–H and O–H groups in total. The molecule has 2 saturated heterocycles. The van der Waals surface area contributed by atoms with E-state index in [4.69, 9.17) is 0 Å². The van der Waals surface area contributed by atoms with E-state index >= 15 is 0 Å². The van der Waals surface area contributed by atoms with Gasteiger partial charge in [-0.25, -0.2) is 4.98 Å². The molecule has 7 heteroatoms. The number of amides is 2. The highest BCUT2D eigenvalue weighted by Crippen LogP contribution is 2.26. The van der Waals surface area contributed by atoms with Crippen LogP contribution in [0.4, 0.5) is 0 Å². The van der Waals surface area contributed by atoms with Crippen molar-refractivity contribution in [1.82, 2.24) is 24.9 Å². The number of unbranched alkanes of at least 4 members (excludes halogenated alkanes) is 1. The van der Waals surface area contributed by atoms with Gasteiger partial charge in [-0.1, -0.05) is 26.7 Å². The fourth-order valence-corrected chi connectivity index (χ4v) is 5.27. The third-order valence-corrected chi connectivity index (χ3v) is 7.51. The van der Waals surface area contributed by atoms with Crippen molar-refractivity contribution in [2.24, 2.45) is 17.8 Å². The van der Waals surface area contributed by atoms with Crippen LogP contribution in [0.25, 0.3) is 5.65 Å². The lowest BCUT2D eigenvalue weighted by Gasteiger charge is -2.37. The van der Waals surface area contributed by atoms with Crippen molar-refractivity contribution in [3.63, 3.8) is 0 Å². The number of rotatable bonds is 8. The molecule has 2 unspecified atom stereocenters. The lowest BCUT2D eigenvalue weighted by molar-refractivity contribution is -0.137. The molecule has 0 aromatic carbocycles. The second-order valence-electron chi connectivity index (χ2n) is 10.2. The molecule has 0 aliphatic carbocycles. The number of hydrogen-bond donors (Lipinski definition) is 2. The first-order valence-electron chi connectivity index (χ1n) is 12.7. The minimum atomic E-state index is -0.0330. The molecule has 7 nitrogen and oxygen atoms in total. The summed E-state index contributed by atoms with van der Waals surface area (Å²) in [6.07, 6.45) is 13.0. The van der Waals surface area contributed by atoms with Gasteiger partial charge in [0.15, 0.2) is 0 Å². The van der Waals surface area contributed by atoms with Gasteiger partial charge >= 0.3 is 0 Å². The Kier molecular flexibility index (Phi) is 8.02. The van der Waals surface area contributed by atoms with Crippen LogP contribution in [0.15, 0.2) is 30.7 Å². The summed E-state index contributed by atoms with van der Waals surface area (Å²) >= 11 is 0. The Morgan fingerprint density at radius 1 is 1.15 bits per heavy atom. The van der Waals surface area contributed by atoms with Crippen LogP contribution >= 0.6 is 0 Å². The number of nitrogens with one attached hydrogen (secondary N) is 2. The van der Waals surface area contributed by atoms with Crippen molar-refractivity contribution in [2.75, 3.05) is 26.2 Å². The maximum absolute atomic E-state index is 12.9. The van der Waals surface area contributed by atoms with Crippen LogP contribution in [0.2, 0.25) is 0 Å². The highest BCUT2D eigenvalue weighted by Gasteiger charge is 2.31. The minimum Gasteiger partial charge on any atom is -0.352 e. The van der Waals surface area contributed by atoms with Crippen LogP contribution in [-0.4, -0.2) is 58.3 Å². The van der Waals surface area contributed by atoms with Gasteiger partial charge in [0.1, 0.15) is 5.65 Å². The fourth-order valence-electron chi connectivity index (χ4n) is 5.27. The fraction of sp³-hybridized carbons (Fsp3) is 0.654. The van der Waals surface area contributed by atoms with E-state index in [1.807, 2.05) is 28.9 Å². The minimum absolute atomic E-state index is 0.0330. The van der Waals surface area contributed by atoms with Crippen molar-refractivity contribution in [3.05, 3.63) is 36.3 Å². The van der Waals surface area contributed by atoms with Gasteiger partial charge in [-0.3, -0.25) is 9.59 Å². The molecule has 0 spiro atoms. The number of hydrogen-bond acceptors (Lipinski definition) is 4. The van der Waals surface area contributed by atoms with Gasteiger partial charge < -0.3 is 19.9 Å². The Morgan fingerprint density at radius 3 is 2.70 bits per heavy atom. The molecule has 2 aromatic heterocycles. The van der Waals surface area contributed by atoms with E-state index in [1.165, 1.54) is 6.42 Å². The van der Waals surface area contributed by atoms with E-state index < -0.39 is 0 Å². The third kappa shape index (κ3) is 6.14. The zero-order valence-electron chi connectivity index (χ0n) is 20.1. The number of likely N-dealkylation sites (tertiary alicyclic amines) is 1. The summed E-state index contributed by atoms with van der Waals surface area (Å²) < 4.78 is 1.86. The smallest absolute Gasteiger partial charge is 0.252 e. The van der Waals surface area contributed by atoms with E-state index in [-0.39, 0.29) is 11.8 Å². The second-order valence-corrected chi connectivity index (χ2v) is 10.2. The molecular formula is C26H39N5O2. The summed E-state index contributed by atoms with van der Waals surface area (Å²) in [6.45, 7) is 7.84. The summed E-state index contributed by atoms with van der Waals surface area (Å²) in [6, 6.07) is 4.24. The van der Waals surface area contributed by atoms with Crippen molar-refractivity contribution < 1.29 is 9.59 Å². The molecule has 4 heterocycles. The van der Waals surface area contributed by atoms with Crippen LogP contribution in [0, 0.1) is 17.8 Å². The van der Waals surface area contributed by atoms with Crippen molar-refractivity contribution >= 4 is 17.5 Å². The Bertz CT molecular complexity index is 924. The highest BCUT2D eigenvalue weighted by atomic mass is 16.2. The van der Waals surface area contributed by atoms with E-state index in [9.17, 15) is 9.59 Å². The van der Waals surface area contributed by atoms with Gasteiger partial charge in [0, 0.05) is 50.8 Å². The number of pyridine rings is 1. The van der Waals surface area contributed by atoms with Crippen LogP contribution < -0.4 is 10.6 Å². The van der Waals surface area contributed by atoms with E-state index in [0.717, 1.165) is 63.8 Å². The molecule has 0 bridgehead atoms. The summed E-state index contributed by atoms with van der Waals surface area (Å²) in [5, 5.41) is 6.61. The van der Waals surface area contributed by atoms with Gasteiger partial charge in [0.05, 0.1) is 11.5 Å². The molecule has 0 radical (unpaired) electrons. The predicted octanol–water partition coefficient (Wildman–Crippen LogP) is 3.50. The maximum Gasteiger partial charge on any atom is 0.252 e. The molecule has 2 aliphatic heterocycles. The van der Waals surface area contributed by atoms with Gasteiger partial charge in [0.2, 0.25) is 5.91 Å². The molecule has 4 rings (SSSR count). The van der Waals surface area contributed by atoms with Gasteiger partial charge in [-0.05, 0) is 56.1 Å². The molecule has 2 aliphatic rings. The van der Waals surface area contributed by atoms with E-state index in [2.05, 4.69) is 34.4 Å². The topological polar surface area (TPSA) is 78.7 Å². The molecule has 0 saturated carbocycles. The summed E-state index contributed by atoms with van der Waals surface area (Å²) in [7, 11) is 0. The quantitative estimate of drug-likeness (QED) is 0.600. The molecule has 2 fully saturated rings. The lowest BCUT2D eigenvalue weighted by Crippen LogP contribution is -2.49. The number of carbonyl (C=O) groups is 2.